The molecule has 96 valence electrons. The van der Waals surface area contributed by atoms with E-state index in [0.717, 1.165) is 39.4 Å². The fourth-order valence-corrected chi connectivity index (χ4v) is 3.72. The minimum atomic E-state index is 0.422. The molecule has 1 atom stereocenters. The number of thiophene rings is 1. The molecule has 1 aliphatic rings. The van der Waals surface area contributed by atoms with Gasteiger partial charge in [0, 0.05) is 41.6 Å². The van der Waals surface area contributed by atoms with Gasteiger partial charge in [-0.15, -0.1) is 11.3 Å². The topological polar surface area (TPSA) is 24.5 Å². The summed E-state index contributed by atoms with van der Waals surface area (Å²) in [7, 11) is 0. The summed E-state index contributed by atoms with van der Waals surface area (Å²) in [5, 5.41) is 5.70. The molecule has 2 heterocycles. The third-order valence-corrected chi connectivity index (χ3v) is 5.07. The monoisotopic (exact) mass is 318 g/mol. The van der Waals surface area contributed by atoms with Crippen LogP contribution >= 0.6 is 27.3 Å². The third-order valence-electron chi connectivity index (χ3n) is 3.02. The van der Waals surface area contributed by atoms with Gasteiger partial charge >= 0.3 is 0 Å². The van der Waals surface area contributed by atoms with Gasteiger partial charge in [0.05, 0.1) is 13.2 Å². The first kappa shape index (κ1) is 13.5. The summed E-state index contributed by atoms with van der Waals surface area (Å²) in [5.41, 5.74) is 0. The van der Waals surface area contributed by atoms with Crippen molar-refractivity contribution in [3.8, 4) is 0 Å². The number of hydrogen-bond acceptors (Lipinski definition) is 4. The highest BCUT2D eigenvalue weighted by Crippen LogP contribution is 2.28. The summed E-state index contributed by atoms with van der Waals surface area (Å²) in [4.78, 5) is 3.83. The maximum Gasteiger partial charge on any atom is 0.0594 e. The van der Waals surface area contributed by atoms with Crippen molar-refractivity contribution in [1.82, 2.24) is 10.2 Å². The number of hydrogen-bond donors (Lipinski definition) is 1. The summed E-state index contributed by atoms with van der Waals surface area (Å²) in [5.74, 6) is 0. The molecule has 0 amide bonds. The van der Waals surface area contributed by atoms with Gasteiger partial charge in [0.25, 0.3) is 0 Å². The van der Waals surface area contributed by atoms with E-state index in [2.05, 4.69) is 44.5 Å². The van der Waals surface area contributed by atoms with Gasteiger partial charge in [0.1, 0.15) is 0 Å². The molecule has 5 heteroatoms. The third kappa shape index (κ3) is 4.03. The molecule has 1 aromatic rings. The molecule has 1 N–H and O–H groups in total. The maximum atomic E-state index is 5.34. The Hall–Kier alpha value is 0.0600. The van der Waals surface area contributed by atoms with Crippen molar-refractivity contribution in [3.05, 3.63) is 20.8 Å². The van der Waals surface area contributed by atoms with Crippen molar-refractivity contribution in [2.24, 2.45) is 0 Å². The van der Waals surface area contributed by atoms with Crippen LogP contribution in [0.3, 0.4) is 0 Å². The molecule has 2 rings (SSSR count). The van der Waals surface area contributed by atoms with Gasteiger partial charge in [-0.25, -0.2) is 0 Å². The van der Waals surface area contributed by atoms with Crippen LogP contribution in [0.4, 0.5) is 0 Å². The van der Waals surface area contributed by atoms with E-state index in [1.165, 1.54) is 9.35 Å². The van der Waals surface area contributed by atoms with Crippen molar-refractivity contribution >= 4 is 27.3 Å². The molecule has 0 saturated carbocycles. The standard InChI is InChI=1S/C12H19BrN2OS/c1-10(12-11(13)2-9-17-12)14-3-4-15-5-7-16-8-6-15/h2,9-10,14H,3-8H2,1H3. The van der Waals surface area contributed by atoms with Crippen LogP contribution in [-0.2, 0) is 4.74 Å². The highest BCUT2D eigenvalue weighted by atomic mass is 79.9. The van der Waals surface area contributed by atoms with E-state index in [1.807, 2.05) is 0 Å². The first-order valence-electron chi connectivity index (χ1n) is 6.04. The number of nitrogens with zero attached hydrogens (tertiary/aromatic N) is 1. The maximum absolute atomic E-state index is 5.34. The lowest BCUT2D eigenvalue weighted by atomic mass is 10.3. The summed E-state index contributed by atoms with van der Waals surface area (Å²) >= 11 is 5.38. The Kier molecular flexibility index (Phi) is 5.44. The lowest BCUT2D eigenvalue weighted by Crippen LogP contribution is -2.40. The fourth-order valence-electron chi connectivity index (χ4n) is 1.97. The first-order valence-corrected chi connectivity index (χ1v) is 7.71. The fraction of sp³-hybridized carbons (Fsp3) is 0.667. The summed E-state index contributed by atoms with van der Waals surface area (Å²) in [6, 6.07) is 2.53. The van der Waals surface area contributed by atoms with E-state index in [-0.39, 0.29) is 0 Å². The quantitative estimate of drug-likeness (QED) is 0.902. The van der Waals surface area contributed by atoms with Gasteiger partial charge in [-0.3, -0.25) is 4.90 Å². The van der Waals surface area contributed by atoms with E-state index in [9.17, 15) is 0 Å². The Morgan fingerprint density at radius 2 is 2.29 bits per heavy atom. The van der Waals surface area contributed by atoms with Crippen molar-refractivity contribution in [2.75, 3.05) is 39.4 Å². The lowest BCUT2D eigenvalue weighted by Gasteiger charge is -2.27. The Morgan fingerprint density at radius 1 is 1.53 bits per heavy atom. The number of halogens is 1. The van der Waals surface area contributed by atoms with E-state index < -0.39 is 0 Å². The Bertz CT molecular complexity index is 339. The van der Waals surface area contributed by atoms with E-state index in [0.29, 0.717) is 6.04 Å². The molecule has 1 aromatic heterocycles. The largest absolute Gasteiger partial charge is 0.379 e. The summed E-state index contributed by atoms with van der Waals surface area (Å²) in [6.45, 7) is 8.26. The van der Waals surface area contributed by atoms with Gasteiger partial charge in [0.15, 0.2) is 0 Å². The predicted octanol–water partition coefficient (Wildman–Crippen LogP) is 2.49. The molecule has 1 fully saturated rings. The van der Waals surface area contributed by atoms with Crippen LogP contribution < -0.4 is 5.32 Å². The van der Waals surface area contributed by atoms with E-state index in [1.54, 1.807) is 11.3 Å². The first-order chi connectivity index (χ1) is 8.27. The molecule has 1 aliphatic heterocycles. The molecule has 0 aliphatic carbocycles. The van der Waals surface area contributed by atoms with Crippen LogP contribution in [0.15, 0.2) is 15.9 Å². The van der Waals surface area contributed by atoms with Crippen LogP contribution in [0.5, 0.6) is 0 Å². The molecule has 0 radical (unpaired) electrons. The van der Waals surface area contributed by atoms with Crippen LogP contribution in [0.25, 0.3) is 0 Å². The van der Waals surface area contributed by atoms with Gasteiger partial charge in [-0.05, 0) is 34.3 Å². The highest BCUT2D eigenvalue weighted by molar-refractivity contribution is 9.10. The van der Waals surface area contributed by atoms with E-state index >= 15 is 0 Å². The molecule has 17 heavy (non-hydrogen) atoms. The summed E-state index contributed by atoms with van der Waals surface area (Å²) < 4.78 is 6.55. The average Bonchev–Trinajstić information content (AvgIpc) is 2.77. The molecular formula is C12H19BrN2OS. The van der Waals surface area contributed by atoms with Crippen molar-refractivity contribution in [3.63, 3.8) is 0 Å². The average molecular weight is 319 g/mol. The van der Waals surface area contributed by atoms with Gasteiger partial charge in [-0.1, -0.05) is 0 Å². The van der Waals surface area contributed by atoms with Crippen LogP contribution in [0, 0.1) is 0 Å². The van der Waals surface area contributed by atoms with Crippen molar-refractivity contribution in [1.29, 1.82) is 0 Å². The number of morpholine rings is 1. The molecule has 0 bridgehead atoms. The molecular weight excluding hydrogens is 300 g/mol. The zero-order valence-corrected chi connectivity index (χ0v) is 12.5. The SMILES string of the molecule is CC(NCCN1CCOCC1)c1sccc1Br. The Labute approximate surface area is 115 Å². The van der Waals surface area contributed by atoms with Gasteiger partial charge in [-0.2, -0.15) is 0 Å². The van der Waals surface area contributed by atoms with Crippen molar-refractivity contribution in [2.45, 2.75) is 13.0 Å². The molecule has 1 saturated heterocycles. The Balaban J connectivity index is 1.69. The highest BCUT2D eigenvalue weighted by Gasteiger charge is 2.12. The van der Waals surface area contributed by atoms with Crippen LogP contribution in [0.2, 0.25) is 0 Å². The second kappa shape index (κ2) is 6.85. The molecule has 1 unspecified atom stereocenters. The zero-order valence-electron chi connectivity index (χ0n) is 10.1. The van der Waals surface area contributed by atoms with Gasteiger partial charge < -0.3 is 10.1 Å². The number of rotatable bonds is 5. The second-order valence-electron chi connectivity index (χ2n) is 4.26. The zero-order chi connectivity index (χ0) is 12.1. The Morgan fingerprint density at radius 3 is 2.94 bits per heavy atom. The molecule has 0 aromatic carbocycles. The lowest BCUT2D eigenvalue weighted by molar-refractivity contribution is 0.0382. The molecule has 0 spiro atoms. The number of ether oxygens (including phenoxy) is 1. The smallest absolute Gasteiger partial charge is 0.0594 e. The molecule has 3 nitrogen and oxygen atoms in total. The van der Waals surface area contributed by atoms with Crippen molar-refractivity contribution < 1.29 is 4.74 Å². The predicted molar refractivity (Wildman–Crippen MR) is 75.7 cm³/mol. The minimum Gasteiger partial charge on any atom is -0.379 e. The minimum absolute atomic E-state index is 0.422. The normalized spacial score (nSPS) is 19.4. The van der Waals surface area contributed by atoms with Crippen LogP contribution in [0.1, 0.15) is 17.8 Å². The van der Waals surface area contributed by atoms with E-state index in [4.69, 9.17) is 4.74 Å². The number of nitrogens with one attached hydrogen (secondary N) is 1. The van der Waals surface area contributed by atoms with Crippen LogP contribution in [-0.4, -0.2) is 44.3 Å². The second-order valence-corrected chi connectivity index (χ2v) is 6.06. The summed E-state index contributed by atoms with van der Waals surface area (Å²) in [6.07, 6.45) is 0. The van der Waals surface area contributed by atoms with Gasteiger partial charge in [0.2, 0.25) is 0 Å².